The first-order valence-electron chi connectivity index (χ1n) is 10.5. The molecular formula is C23H25F4N3O4. The van der Waals surface area contributed by atoms with E-state index in [1.54, 1.807) is 13.0 Å². The standard InChI is InChI=1S/C23H25F4N3O4/c1-12-8-16-20(29-19(12)28-18(31)10-22(3,4)5)33-13(2)21(32)30(16)11-14-6-7-17(15(24)9-14)34-23(25,26)27/h6-9,13H,10-11H2,1-5H3,(H,28,29,31)/t13-/m0/s1. The molecule has 0 fully saturated rings. The van der Waals surface area contributed by atoms with Gasteiger partial charge in [0.25, 0.3) is 5.91 Å². The summed E-state index contributed by atoms with van der Waals surface area (Å²) in [5, 5.41) is 2.75. The van der Waals surface area contributed by atoms with Gasteiger partial charge in [0.15, 0.2) is 17.7 Å². The molecule has 1 N–H and O–H groups in total. The maximum atomic E-state index is 14.2. The van der Waals surface area contributed by atoms with Crippen molar-refractivity contribution in [3.63, 3.8) is 0 Å². The van der Waals surface area contributed by atoms with Crippen LogP contribution in [0.25, 0.3) is 0 Å². The number of benzene rings is 1. The third kappa shape index (κ3) is 6.15. The molecular weight excluding hydrogens is 458 g/mol. The van der Waals surface area contributed by atoms with Crippen molar-refractivity contribution in [2.45, 2.75) is 60.1 Å². The first-order chi connectivity index (χ1) is 15.6. The number of halogens is 4. The second-order valence-electron chi connectivity index (χ2n) is 9.26. The Morgan fingerprint density at radius 2 is 1.91 bits per heavy atom. The second-order valence-corrected chi connectivity index (χ2v) is 9.26. The van der Waals surface area contributed by atoms with Crippen molar-refractivity contribution >= 4 is 23.3 Å². The van der Waals surface area contributed by atoms with Crippen LogP contribution in [0.5, 0.6) is 11.6 Å². The zero-order chi connectivity index (χ0) is 25.4. The zero-order valence-corrected chi connectivity index (χ0v) is 19.3. The number of nitrogens with one attached hydrogen (secondary N) is 1. The number of carbonyl (C=O) groups is 2. The molecule has 184 valence electrons. The average Bonchev–Trinajstić information content (AvgIpc) is 2.66. The summed E-state index contributed by atoms with van der Waals surface area (Å²) in [6.07, 6.45) is -5.68. The van der Waals surface area contributed by atoms with Gasteiger partial charge in [0.2, 0.25) is 11.8 Å². The molecule has 11 heteroatoms. The lowest BCUT2D eigenvalue weighted by Crippen LogP contribution is -2.44. The monoisotopic (exact) mass is 483 g/mol. The number of alkyl halides is 3. The lowest BCUT2D eigenvalue weighted by molar-refractivity contribution is -0.275. The molecule has 1 aromatic carbocycles. The minimum Gasteiger partial charge on any atom is -0.463 e. The number of aryl methyl sites for hydroxylation is 1. The number of hydrogen-bond acceptors (Lipinski definition) is 5. The lowest BCUT2D eigenvalue weighted by atomic mass is 9.92. The molecule has 2 amide bonds. The summed E-state index contributed by atoms with van der Waals surface area (Å²) in [6.45, 7) is 8.86. The molecule has 34 heavy (non-hydrogen) atoms. The predicted molar refractivity (Wildman–Crippen MR) is 116 cm³/mol. The molecule has 2 heterocycles. The highest BCUT2D eigenvalue weighted by Gasteiger charge is 2.35. The Kier molecular flexibility index (Phi) is 6.77. The maximum absolute atomic E-state index is 14.2. The fraction of sp³-hybridized carbons (Fsp3) is 0.435. The van der Waals surface area contributed by atoms with E-state index in [0.717, 1.165) is 12.1 Å². The Bertz CT molecular complexity index is 1110. The van der Waals surface area contributed by atoms with Crippen molar-refractivity contribution in [2.24, 2.45) is 5.41 Å². The van der Waals surface area contributed by atoms with Crippen molar-refractivity contribution in [1.82, 2.24) is 4.98 Å². The first kappa shape index (κ1) is 25.3. The summed E-state index contributed by atoms with van der Waals surface area (Å²) in [5.41, 5.74) is 0.874. The number of amides is 2. The minimum absolute atomic E-state index is 0.0984. The number of rotatable bonds is 5. The molecule has 0 unspecified atom stereocenters. The van der Waals surface area contributed by atoms with Crippen LogP contribution in [0.15, 0.2) is 24.3 Å². The largest absolute Gasteiger partial charge is 0.573 e. The van der Waals surface area contributed by atoms with E-state index in [2.05, 4.69) is 15.0 Å². The minimum atomic E-state index is -5.03. The summed E-state index contributed by atoms with van der Waals surface area (Å²) in [4.78, 5) is 30.8. The van der Waals surface area contributed by atoms with E-state index >= 15 is 0 Å². The molecule has 0 bridgehead atoms. The number of ether oxygens (including phenoxy) is 2. The van der Waals surface area contributed by atoms with E-state index in [1.807, 2.05) is 20.8 Å². The number of carbonyl (C=O) groups excluding carboxylic acids is 2. The molecule has 1 aliphatic rings. The van der Waals surface area contributed by atoms with Crippen molar-refractivity contribution in [2.75, 3.05) is 10.2 Å². The molecule has 3 rings (SSSR count). The summed E-state index contributed by atoms with van der Waals surface area (Å²) in [5.74, 6) is -2.46. The van der Waals surface area contributed by atoms with Gasteiger partial charge in [0, 0.05) is 6.42 Å². The Hall–Kier alpha value is -3.37. The molecule has 2 aromatic rings. The van der Waals surface area contributed by atoms with Crippen LogP contribution in [-0.2, 0) is 16.1 Å². The lowest BCUT2D eigenvalue weighted by Gasteiger charge is -2.33. The molecule has 0 saturated heterocycles. The Balaban J connectivity index is 1.88. The average molecular weight is 483 g/mol. The number of pyridine rings is 1. The number of anilines is 2. The number of nitrogens with zero attached hydrogens (tertiary/aromatic N) is 2. The van der Waals surface area contributed by atoms with Crippen molar-refractivity contribution in [3.8, 4) is 11.6 Å². The molecule has 0 spiro atoms. The molecule has 0 radical (unpaired) electrons. The Morgan fingerprint density at radius 1 is 1.24 bits per heavy atom. The summed E-state index contributed by atoms with van der Waals surface area (Å²) >= 11 is 0. The van der Waals surface area contributed by atoms with E-state index in [9.17, 15) is 27.2 Å². The molecule has 1 aromatic heterocycles. The van der Waals surface area contributed by atoms with E-state index in [4.69, 9.17) is 4.74 Å². The highest BCUT2D eigenvalue weighted by atomic mass is 19.4. The van der Waals surface area contributed by atoms with Crippen LogP contribution in [0.1, 0.15) is 45.2 Å². The van der Waals surface area contributed by atoms with Gasteiger partial charge in [-0.25, -0.2) is 4.39 Å². The number of hydrogen-bond donors (Lipinski definition) is 1. The fourth-order valence-electron chi connectivity index (χ4n) is 3.40. The van der Waals surface area contributed by atoms with Crippen molar-refractivity contribution in [3.05, 3.63) is 41.2 Å². The molecule has 0 saturated carbocycles. The first-order valence-corrected chi connectivity index (χ1v) is 10.5. The third-order valence-corrected chi connectivity index (χ3v) is 4.86. The van der Waals surface area contributed by atoms with Crippen LogP contribution in [-0.4, -0.2) is 29.3 Å². The van der Waals surface area contributed by atoms with Gasteiger partial charge >= 0.3 is 6.36 Å². The van der Waals surface area contributed by atoms with Gasteiger partial charge in [0.05, 0.1) is 6.54 Å². The van der Waals surface area contributed by atoms with Gasteiger partial charge in [0.1, 0.15) is 11.5 Å². The van der Waals surface area contributed by atoms with E-state index in [0.29, 0.717) is 11.3 Å². The highest BCUT2D eigenvalue weighted by molar-refractivity contribution is 6.00. The Morgan fingerprint density at radius 3 is 2.50 bits per heavy atom. The summed E-state index contributed by atoms with van der Waals surface area (Å²) < 4.78 is 60.6. The van der Waals surface area contributed by atoms with Crippen LogP contribution in [0.4, 0.5) is 29.1 Å². The predicted octanol–water partition coefficient (Wildman–Crippen LogP) is 5.12. The summed E-state index contributed by atoms with van der Waals surface area (Å²) in [7, 11) is 0. The SMILES string of the molecule is Cc1cc2c(nc1NC(=O)CC(C)(C)C)O[C@@H](C)C(=O)N2Cc1ccc(OC(F)(F)F)c(F)c1. The summed E-state index contributed by atoms with van der Waals surface area (Å²) in [6, 6.07) is 4.56. The Labute approximate surface area is 194 Å². The van der Waals surface area contributed by atoms with Gasteiger partial charge in [-0.15, -0.1) is 13.2 Å². The number of fused-ring (bicyclic) bond motifs is 1. The normalized spacial score (nSPS) is 16.1. The van der Waals surface area contributed by atoms with Gasteiger partial charge in [-0.3, -0.25) is 14.5 Å². The zero-order valence-electron chi connectivity index (χ0n) is 19.3. The van der Waals surface area contributed by atoms with Crippen LogP contribution in [0.2, 0.25) is 0 Å². The van der Waals surface area contributed by atoms with E-state index in [1.165, 1.54) is 17.9 Å². The van der Waals surface area contributed by atoms with Gasteiger partial charge in [-0.2, -0.15) is 4.98 Å². The van der Waals surface area contributed by atoms with Crippen molar-refractivity contribution < 1.29 is 36.6 Å². The van der Waals surface area contributed by atoms with Crippen LogP contribution >= 0.6 is 0 Å². The van der Waals surface area contributed by atoms with Crippen LogP contribution < -0.4 is 19.7 Å². The molecule has 1 atom stereocenters. The van der Waals surface area contributed by atoms with E-state index in [-0.39, 0.29) is 41.5 Å². The smallest absolute Gasteiger partial charge is 0.463 e. The van der Waals surface area contributed by atoms with Crippen molar-refractivity contribution in [1.29, 1.82) is 0 Å². The number of aromatic nitrogens is 1. The third-order valence-electron chi connectivity index (χ3n) is 4.86. The highest BCUT2D eigenvalue weighted by Crippen LogP contribution is 2.37. The van der Waals surface area contributed by atoms with Gasteiger partial charge in [-0.1, -0.05) is 26.8 Å². The van der Waals surface area contributed by atoms with Gasteiger partial charge in [-0.05, 0) is 48.6 Å². The van der Waals surface area contributed by atoms with Crippen LogP contribution in [0, 0.1) is 18.2 Å². The topological polar surface area (TPSA) is 80.8 Å². The maximum Gasteiger partial charge on any atom is 0.573 e. The molecule has 1 aliphatic heterocycles. The van der Waals surface area contributed by atoms with E-state index < -0.39 is 29.9 Å². The second kappa shape index (κ2) is 9.11. The quantitative estimate of drug-likeness (QED) is 0.598. The fourth-order valence-corrected chi connectivity index (χ4v) is 3.40. The molecule has 7 nitrogen and oxygen atoms in total. The van der Waals surface area contributed by atoms with Gasteiger partial charge < -0.3 is 14.8 Å². The molecule has 0 aliphatic carbocycles. The van der Waals surface area contributed by atoms with Crippen LogP contribution in [0.3, 0.4) is 0 Å².